The predicted molar refractivity (Wildman–Crippen MR) is 71.4 cm³/mol. The predicted octanol–water partition coefficient (Wildman–Crippen LogP) is 3.27. The maximum Gasteiger partial charge on any atom is 0.133 e. The molecule has 2 rings (SSSR count). The van der Waals surface area contributed by atoms with Crippen LogP contribution in [-0.4, -0.2) is 16.7 Å². The van der Waals surface area contributed by atoms with Gasteiger partial charge in [0, 0.05) is 16.5 Å². The Balaban J connectivity index is 2.44. The number of halogens is 2. The molecule has 0 radical (unpaired) electrons. The third kappa shape index (κ3) is 2.64. The minimum Gasteiger partial charge on any atom is -0.281 e. The first-order chi connectivity index (χ1) is 8.38. The molecule has 0 heterocycles. The van der Waals surface area contributed by atoms with Crippen molar-refractivity contribution in [2.24, 2.45) is 0 Å². The smallest absolute Gasteiger partial charge is 0.133 e. The van der Waals surface area contributed by atoms with Crippen molar-refractivity contribution in [1.29, 1.82) is 0 Å². The summed E-state index contributed by atoms with van der Waals surface area (Å²) in [5.74, 6) is -1.20. The fraction of sp³-hybridized carbons (Fsp3) is 0.143. The summed E-state index contributed by atoms with van der Waals surface area (Å²) in [7, 11) is -2.30. The highest BCUT2D eigenvalue weighted by atomic mass is 32.2. The van der Waals surface area contributed by atoms with E-state index in [1.54, 1.807) is 36.8 Å². The van der Waals surface area contributed by atoms with E-state index in [-0.39, 0.29) is 0 Å². The number of thiol groups is 1. The molecule has 2 aromatic carbocycles. The van der Waals surface area contributed by atoms with Gasteiger partial charge in [0.05, 0.1) is 0 Å². The summed E-state index contributed by atoms with van der Waals surface area (Å²) < 4.78 is 38.2. The largest absolute Gasteiger partial charge is 0.281 e. The summed E-state index contributed by atoms with van der Waals surface area (Å²) in [6.07, 6.45) is 3.36. The molecule has 0 aromatic heterocycles. The normalized spacial score (nSPS) is 12.4. The molecule has 4 heteroatoms. The lowest BCUT2D eigenvalue weighted by Gasteiger charge is -2.13. The topological polar surface area (TPSA) is 17.1 Å². The molecule has 1 nitrogen and oxygen atoms in total. The van der Waals surface area contributed by atoms with E-state index in [1.807, 2.05) is 0 Å². The highest BCUT2D eigenvalue weighted by Gasteiger charge is 2.08. The molecule has 96 valence electrons. The molecule has 0 aliphatic heterocycles. The molecule has 0 spiro atoms. The average molecular weight is 268 g/mol. The lowest BCUT2D eigenvalue weighted by atomic mass is 10.1. The molecular formula is C14H14F2OS. The van der Waals surface area contributed by atoms with Crippen LogP contribution in [0.4, 0.5) is 8.78 Å². The Morgan fingerprint density at radius 2 is 1.56 bits per heavy atom. The maximum atomic E-state index is 13.6. The van der Waals surface area contributed by atoms with E-state index in [1.165, 1.54) is 12.1 Å². The second-order valence-corrected chi connectivity index (χ2v) is 7.74. The van der Waals surface area contributed by atoms with E-state index in [9.17, 15) is 13.0 Å². The van der Waals surface area contributed by atoms with Crippen LogP contribution < -0.4 is 0 Å². The first kappa shape index (κ1) is 12.9. The van der Waals surface area contributed by atoms with E-state index >= 15 is 0 Å². The van der Waals surface area contributed by atoms with Crippen LogP contribution in [0.1, 0.15) is 0 Å². The minimum atomic E-state index is -2.30. The van der Waals surface area contributed by atoms with Gasteiger partial charge in [-0.1, -0.05) is 22.1 Å². The molecule has 0 amide bonds. The molecule has 0 saturated heterocycles. The van der Waals surface area contributed by atoms with Crippen LogP contribution in [0.2, 0.25) is 0 Å². The summed E-state index contributed by atoms with van der Waals surface area (Å²) in [4.78, 5) is 0.744. The quantitative estimate of drug-likeness (QED) is 0.827. The minimum absolute atomic E-state index is 0.338. The lowest BCUT2D eigenvalue weighted by Crippen LogP contribution is -2.05. The zero-order valence-corrected chi connectivity index (χ0v) is 11.0. The second-order valence-electron chi connectivity index (χ2n) is 4.52. The van der Waals surface area contributed by atoms with Crippen LogP contribution >= 0.6 is 0 Å². The monoisotopic (exact) mass is 268 g/mol. The van der Waals surface area contributed by atoms with Gasteiger partial charge in [-0.25, -0.2) is 8.78 Å². The van der Waals surface area contributed by atoms with E-state index in [0.29, 0.717) is 11.1 Å². The van der Waals surface area contributed by atoms with Gasteiger partial charge in [-0.05, 0) is 42.3 Å². The summed E-state index contributed by atoms with van der Waals surface area (Å²) in [6, 6.07) is 10.3. The van der Waals surface area contributed by atoms with E-state index in [4.69, 9.17) is 0 Å². The van der Waals surface area contributed by atoms with Gasteiger partial charge >= 0.3 is 0 Å². The summed E-state index contributed by atoms with van der Waals surface area (Å²) in [5.41, 5.74) is 0.981. The molecule has 0 bridgehead atoms. The Hall–Kier alpha value is -1.55. The zero-order chi connectivity index (χ0) is 13.3. The Morgan fingerprint density at radius 3 is 2.06 bits per heavy atom. The number of hydrogen-bond acceptors (Lipinski definition) is 1. The van der Waals surface area contributed by atoms with Crippen molar-refractivity contribution < 1.29 is 13.0 Å². The van der Waals surface area contributed by atoms with Gasteiger partial charge < -0.3 is 0 Å². The van der Waals surface area contributed by atoms with Gasteiger partial charge in [0.25, 0.3) is 0 Å². The maximum absolute atomic E-state index is 13.6. The average Bonchev–Trinajstić information content (AvgIpc) is 2.28. The van der Waals surface area contributed by atoms with Crippen LogP contribution in [0.5, 0.6) is 0 Å². The highest BCUT2D eigenvalue weighted by Crippen LogP contribution is 2.25. The Labute approximate surface area is 106 Å². The fourth-order valence-corrected chi connectivity index (χ4v) is 2.59. The van der Waals surface area contributed by atoms with Crippen molar-refractivity contribution in [2.75, 3.05) is 12.5 Å². The van der Waals surface area contributed by atoms with Gasteiger partial charge in [0.2, 0.25) is 0 Å². The van der Waals surface area contributed by atoms with Crippen molar-refractivity contribution in [2.45, 2.75) is 4.90 Å². The van der Waals surface area contributed by atoms with Crippen molar-refractivity contribution in [3.8, 4) is 11.1 Å². The fourth-order valence-electron chi connectivity index (χ4n) is 1.72. The number of benzene rings is 2. The van der Waals surface area contributed by atoms with Gasteiger partial charge in [0.15, 0.2) is 0 Å². The summed E-state index contributed by atoms with van der Waals surface area (Å²) in [6.45, 7) is 0. The van der Waals surface area contributed by atoms with Crippen LogP contribution in [0.3, 0.4) is 0 Å². The van der Waals surface area contributed by atoms with Gasteiger partial charge in [-0.15, -0.1) is 0 Å². The molecule has 0 fully saturated rings. The molecule has 0 aliphatic rings. The summed E-state index contributed by atoms with van der Waals surface area (Å²) in [5, 5.41) is 0. The SMILES string of the molecule is C[SH](C)(=O)c1ccc(-c2ccc(F)cc2F)cc1. The van der Waals surface area contributed by atoms with Crippen LogP contribution in [0.25, 0.3) is 11.1 Å². The first-order valence-corrected chi connectivity index (χ1v) is 8.09. The third-order valence-electron chi connectivity index (χ3n) is 2.73. The third-order valence-corrected chi connectivity index (χ3v) is 4.27. The Kier molecular flexibility index (Phi) is 3.30. The van der Waals surface area contributed by atoms with E-state index in [0.717, 1.165) is 11.0 Å². The molecule has 0 aliphatic carbocycles. The van der Waals surface area contributed by atoms with Gasteiger partial charge in [-0.2, -0.15) is 0 Å². The Bertz CT molecular complexity index is 614. The molecular weight excluding hydrogens is 254 g/mol. The van der Waals surface area contributed by atoms with Crippen LogP contribution in [0, 0.1) is 11.6 Å². The van der Waals surface area contributed by atoms with Crippen molar-refractivity contribution in [1.82, 2.24) is 0 Å². The van der Waals surface area contributed by atoms with Crippen molar-refractivity contribution in [3.05, 3.63) is 54.1 Å². The van der Waals surface area contributed by atoms with Crippen LogP contribution in [0.15, 0.2) is 47.4 Å². The molecule has 0 N–H and O–H groups in total. The van der Waals surface area contributed by atoms with E-state index < -0.39 is 21.6 Å². The molecule has 18 heavy (non-hydrogen) atoms. The zero-order valence-electron chi connectivity index (χ0n) is 10.2. The molecule has 0 unspecified atom stereocenters. The highest BCUT2D eigenvalue weighted by molar-refractivity contribution is 8.01. The van der Waals surface area contributed by atoms with E-state index in [2.05, 4.69) is 0 Å². The lowest BCUT2D eigenvalue weighted by molar-refractivity contribution is 0.585. The van der Waals surface area contributed by atoms with Gasteiger partial charge in [0.1, 0.15) is 11.6 Å². The standard InChI is InChI=1S/C14H14F2OS/c1-18(2,17)12-6-3-10(4-7-12)13-8-5-11(15)9-14(13)16/h3-9,18H,1-2H3. The second kappa shape index (κ2) is 4.61. The molecule has 0 atom stereocenters. The van der Waals surface area contributed by atoms with Gasteiger partial charge in [-0.3, -0.25) is 4.21 Å². The number of rotatable bonds is 2. The Morgan fingerprint density at radius 1 is 0.944 bits per heavy atom. The number of hydrogen-bond donors (Lipinski definition) is 1. The van der Waals surface area contributed by atoms with Crippen LogP contribution in [-0.2, 0) is 9.93 Å². The van der Waals surface area contributed by atoms with Crippen molar-refractivity contribution >= 4 is 9.93 Å². The molecule has 2 aromatic rings. The first-order valence-electron chi connectivity index (χ1n) is 5.49. The summed E-state index contributed by atoms with van der Waals surface area (Å²) >= 11 is 0. The van der Waals surface area contributed by atoms with Crippen molar-refractivity contribution in [3.63, 3.8) is 0 Å². The molecule has 0 saturated carbocycles.